The Hall–Kier alpha value is -2.62. The highest BCUT2D eigenvalue weighted by Gasteiger charge is 2.34. The summed E-state index contributed by atoms with van der Waals surface area (Å²) in [4.78, 5) is 7.27. The van der Waals surface area contributed by atoms with Crippen molar-refractivity contribution in [1.82, 2.24) is 14.7 Å². The van der Waals surface area contributed by atoms with Crippen LogP contribution in [-0.2, 0) is 11.2 Å². The number of benzene rings is 1. The van der Waals surface area contributed by atoms with Gasteiger partial charge in [-0.2, -0.15) is 5.26 Å². The average molecular weight is 363 g/mol. The summed E-state index contributed by atoms with van der Waals surface area (Å²) < 4.78 is 7.93. The number of nitrogens with zero attached hydrogens (tertiary/aromatic N) is 4. The van der Waals surface area contributed by atoms with Gasteiger partial charge >= 0.3 is 0 Å². The fourth-order valence-corrected chi connectivity index (χ4v) is 4.51. The number of nitriles is 1. The maximum absolute atomic E-state index is 9.96. The van der Waals surface area contributed by atoms with Crippen LogP contribution in [0.4, 0.5) is 5.82 Å². The van der Waals surface area contributed by atoms with E-state index >= 15 is 0 Å². The third-order valence-electron chi connectivity index (χ3n) is 5.65. The van der Waals surface area contributed by atoms with E-state index in [0.717, 1.165) is 61.3 Å². The third kappa shape index (κ3) is 2.50. The lowest BCUT2D eigenvalue weighted by atomic mass is 10.0. The molecule has 3 heterocycles. The lowest BCUT2D eigenvalue weighted by Crippen LogP contribution is -2.44. The second kappa shape index (κ2) is 6.84. The number of aromatic nitrogens is 2. The number of ether oxygens (including phenoxy) is 1. The number of hydrogen-bond acceptors (Lipinski definition) is 5. The smallest absolute Gasteiger partial charge is 0.157 e. The number of para-hydroxylation sites is 2. The predicted octanol–water partition coefficient (Wildman–Crippen LogP) is 3.04. The molecule has 1 atom stereocenters. The second-order valence-corrected chi connectivity index (χ2v) is 6.96. The van der Waals surface area contributed by atoms with E-state index in [4.69, 9.17) is 9.72 Å². The van der Waals surface area contributed by atoms with Gasteiger partial charge < -0.3 is 15.0 Å². The first-order chi connectivity index (χ1) is 12.8. The van der Waals surface area contributed by atoms with Crippen molar-refractivity contribution in [3.05, 3.63) is 41.0 Å². The molecule has 2 aliphatic rings. The van der Waals surface area contributed by atoms with Crippen LogP contribution < -0.4 is 10.2 Å². The Bertz CT molecular complexity index is 1040. The van der Waals surface area contributed by atoms with Gasteiger partial charge in [-0.1, -0.05) is 19.6 Å². The SMILES string of the molecule is C.COC1CCc2c1c(C#N)c1nc3ccccc3n1c2N1CCNCC1. The maximum Gasteiger partial charge on any atom is 0.157 e. The Morgan fingerprint density at radius 3 is 2.78 bits per heavy atom. The van der Waals surface area contributed by atoms with Gasteiger partial charge in [-0.05, 0) is 25.0 Å². The largest absolute Gasteiger partial charge is 0.377 e. The molecule has 0 radical (unpaired) electrons. The van der Waals surface area contributed by atoms with Gasteiger partial charge in [-0.3, -0.25) is 4.40 Å². The number of piperazine rings is 1. The van der Waals surface area contributed by atoms with Gasteiger partial charge in [0.25, 0.3) is 0 Å². The highest BCUT2D eigenvalue weighted by molar-refractivity contribution is 5.86. The molecule has 140 valence electrons. The van der Waals surface area contributed by atoms with Crippen LogP contribution in [0.5, 0.6) is 0 Å². The van der Waals surface area contributed by atoms with Crippen molar-refractivity contribution >= 4 is 22.5 Å². The highest BCUT2D eigenvalue weighted by atomic mass is 16.5. The Balaban J connectivity index is 0.00000180. The Labute approximate surface area is 159 Å². The van der Waals surface area contributed by atoms with Crippen molar-refractivity contribution in [2.75, 3.05) is 38.2 Å². The van der Waals surface area contributed by atoms with E-state index in [1.165, 1.54) is 11.4 Å². The molecular formula is C21H25N5O. The van der Waals surface area contributed by atoms with Crippen LogP contribution in [0.25, 0.3) is 16.7 Å². The number of anilines is 1. The standard InChI is InChI=1S/C20H21N5O.CH4/c1-26-17-7-6-13-18(17)14(12-21)19-23-15-4-2-3-5-16(15)25(19)20(13)24-10-8-22-9-11-24;/h2-5,17,22H,6-11H2,1H3;1H4. The molecule has 3 aromatic rings. The first-order valence-electron chi connectivity index (χ1n) is 9.18. The topological polar surface area (TPSA) is 65.6 Å². The van der Waals surface area contributed by atoms with E-state index in [9.17, 15) is 5.26 Å². The molecule has 1 N–H and O–H groups in total. The molecule has 2 aromatic heterocycles. The van der Waals surface area contributed by atoms with Crippen molar-refractivity contribution in [1.29, 1.82) is 5.26 Å². The zero-order valence-corrected chi connectivity index (χ0v) is 14.8. The van der Waals surface area contributed by atoms with Crippen LogP contribution in [0, 0.1) is 11.3 Å². The summed E-state index contributed by atoms with van der Waals surface area (Å²) in [6.07, 6.45) is 1.83. The molecule has 1 aliphatic carbocycles. The van der Waals surface area contributed by atoms with Gasteiger partial charge in [0.2, 0.25) is 0 Å². The number of nitrogens with one attached hydrogen (secondary N) is 1. The van der Waals surface area contributed by atoms with Gasteiger partial charge in [0.05, 0.1) is 17.1 Å². The molecule has 6 nitrogen and oxygen atoms in total. The second-order valence-electron chi connectivity index (χ2n) is 6.96. The fraction of sp³-hybridized carbons (Fsp3) is 0.429. The average Bonchev–Trinajstić information content (AvgIpc) is 3.28. The summed E-state index contributed by atoms with van der Waals surface area (Å²) in [7, 11) is 1.73. The molecule has 6 heteroatoms. The lowest BCUT2D eigenvalue weighted by molar-refractivity contribution is 0.105. The number of fused-ring (bicyclic) bond motifs is 4. The number of imidazole rings is 1. The molecule has 1 saturated heterocycles. The van der Waals surface area contributed by atoms with Crippen molar-refractivity contribution < 1.29 is 4.74 Å². The van der Waals surface area contributed by atoms with Gasteiger partial charge in [0, 0.05) is 44.4 Å². The quantitative estimate of drug-likeness (QED) is 0.758. The van der Waals surface area contributed by atoms with Crippen LogP contribution >= 0.6 is 0 Å². The Morgan fingerprint density at radius 1 is 1.26 bits per heavy atom. The molecular weight excluding hydrogens is 338 g/mol. The summed E-state index contributed by atoms with van der Waals surface area (Å²) in [6.45, 7) is 3.85. The molecule has 27 heavy (non-hydrogen) atoms. The van der Waals surface area contributed by atoms with Crippen molar-refractivity contribution in [2.24, 2.45) is 0 Å². The fourth-order valence-electron chi connectivity index (χ4n) is 4.51. The van der Waals surface area contributed by atoms with Gasteiger partial charge in [-0.25, -0.2) is 4.98 Å². The van der Waals surface area contributed by atoms with Crippen LogP contribution in [0.1, 0.15) is 36.6 Å². The van der Waals surface area contributed by atoms with Crippen LogP contribution in [-0.4, -0.2) is 42.7 Å². The maximum atomic E-state index is 9.96. The molecule has 0 saturated carbocycles. The highest BCUT2D eigenvalue weighted by Crippen LogP contribution is 2.43. The van der Waals surface area contributed by atoms with Crippen molar-refractivity contribution in [2.45, 2.75) is 26.4 Å². The van der Waals surface area contributed by atoms with Crippen molar-refractivity contribution in [3.63, 3.8) is 0 Å². The lowest BCUT2D eigenvalue weighted by Gasteiger charge is -2.32. The van der Waals surface area contributed by atoms with E-state index in [-0.39, 0.29) is 13.5 Å². The Morgan fingerprint density at radius 2 is 2.04 bits per heavy atom. The van der Waals surface area contributed by atoms with Gasteiger partial charge in [0.15, 0.2) is 5.65 Å². The normalized spacial score (nSPS) is 19.1. The van der Waals surface area contributed by atoms with E-state index < -0.39 is 0 Å². The van der Waals surface area contributed by atoms with Crippen molar-refractivity contribution in [3.8, 4) is 6.07 Å². The summed E-state index contributed by atoms with van der Waals surface area (Å²) in [5, 5.41) is 13.4. The monoisotopic (exact) mass is 363 g/mol. The first kappa shape index (κ1) is 17.8. The third-order valence-corrected chi connectivity index (χ3v) is 5.65. The summed E-state index contributed by atoms with van der Waals surface area (Å²) in [5.74, 6) is 1.20. The summed E-state index contributed by atoms with van der Waals surface area (Å²) >= 11 is 0. The number of hydrogen-bond donors (Lipinski definition) is 1. The minimum atomic E-state index is -0.0221. The molecule has 0 bridgehead atoms. The van der Waals surface area contributed by atoms with Crippen LogP contribution in [0.15, 0.2) is 24.3 Å². The summed E-state index contributed by atoms with van der Waals surface area (Å²) in [6, 6.07) is 10.6. The van der Waals surface area contributed by atoms with E-state index in [1.54, 1.807) is 7.11 Å². The molecule has 1 aliphatic heterocycles. The molecule has 1 fully saturated rings. The number of methoxy groups -OCH3 is 1. The van der Waals surface area contributed by atoms with Crippen LogP contribution in [0.3, 0.4) is 0 Å². The number of rotatable bonds is 2. The van der Waals surface area contributed by atoms with Gasteiger partial charge in [0.1, 0.15) is 17.5 Å². The number of pyridine rings is 1. The molecule has 1 unspecified atom stereocenters. The molecule has 0 spiro atoms. The predicted molar refractivity (Wildman–Crippen MR) is 107 cm³/mol. The first-order valence-corrected chi connectivity index (χ1v) is 9.18. The summed E-state index contributed by atoms with van der Waals surface area (Å²) in [5.41, 5.74) is 5.72. The minimum Gasteiger partial charge on any atom is -0.377 e. The van der Waals surface area contributed by atoms with Gasteiger partial charge in [-0.15, -0.1) is 0 Å². The van der Waals surface area contributed by atoms with E-state index in [0.29, 0.717) is 5.56 Å². The minimum absolute atomic E-state index is 0. The molecule has 5 rings (SSSR count). The van der Waals surface area contributed by atoms with Crippen LogP contribution in [0.2, 0.25) is 0 Å². The zero-order valence-electron chi connectivity index (χ0n) is 14.8. The molecule has 1 aromatic carbocycles. The Kier molecular flexibility index (Phi) is 4.50. The zero-order chi connectivity index (χ0) is 17.7. The molecule has 0 amide bonds. The van der Waals surface area contributed by atoms with E-state index in [2.05, 4.69) is 26.8 Å². The van der Waals surface area contributed by atoms with E-state index in [1.807, 2.05) is 18.2 Å².